The van der Waals surface area contributed by atoms with Gasteiger partial charge < -0.3 is 19.7 Å². The zero-order valence-corrected chi connectivity index (χ0v) is 14.8. The van der Waals surface area contributed by atoms with Gasteiger partial charge in [-0.25, -0.2) is 0 Å². The molecular weight excluding hydrogens is 316 g/mol. The molecule has 0 saturated carbocycles. The number of benzene rings is 1. The lowest BCUT2D eigenvalue weighted by molar-refractivity contribution is 0.0238. The molecule has 2 aliphatic rings. The number of ether oxygens (including phenoxy) is 2. The Labute approximate surface area is 150 Å². The molecule has 2 aliphatic heterocycles. The topological polar surface area (TPSA) is 50.8 Å². The normalized spacial score (nSPS) is 20.2. The maximum Gasteiger partial charge on any atom is 0.255 e. The van der Waals surface area contributed by atoms with Crippen LogP contribution < -0.4 is 10.1 Å². The summed E-state index contributed by atoms with van der Waals surface area (Å²) in [5, 5.41) is 3.18. The molecule has 0 aromatic heterocycles. The van der Waals surface area contributed by atoms with Gasteiger partial charge in [-0.15, -0.1) is 0 Å². The average molecular weight is 344 g/mol. The highest BCUT2D eigenvalue weighted by molar-refractivity contribution is 5.97. The quantitative estimate of drug-likeness (QED) is 0.806. The van der Waals surface area contributed by atoms with Gasteiger partial charge >= 0.3 is 0 Å². The minimum Gasteiger partial charge on any atom is -0.489 e. The van der Waals surface area contributed by atoms with Crippen molar-refractivity contribution in [2.24, 2.45) is 0 Å². The number of amides is 1. The van der Waals surface area contributed by atoms with Crippen LogP contribution in [0.3, 0.4) is 0 Å². The van der Waals surface area contributed by atoms with Crippen LogP contribution in [0.4, 0.5) is 0 Å². The third kappa shape index (κ3) is 4.83. The van der Waals surface area contributed by atoms with E-state index in [9.17, 15) is 4.79 Å². The first kappa shape index (κ1) is 18.0. The molecule has 2 heterocycles. The van der Waals surface area contributed by atoms with Crippen molar-refractivity contribution in [3.63, 3.8) is 0 Å². The lowest BCUT2D eigenvalue weighted by Gasteiger charge is -2.39. The lowest BCUT2D eigenvalue weighted by Crippen LogP contribution is -2.49. The van der Waals surface area contributed by atoms with Crippen LogP contribution in [-0.4, -0.2) is 55.8 Å². The number of likely N-dealkylation sites (tertiary alicyclic amines) is 1. The summed E-state index contributed by atoms with van der Waals surface area (Å²) in [7, 11) is 0. The molecule has 136 valence electrons. The fraction of sp³-hybridized carbons (Fsp3) is 0.550. The average Bonchev–Trinajstić information content (AvgIpc) is 2.68. The summed E-state index contributed by atoms with van der Waals surface area (Å²) in [4.78, 5) is 15.2. The minimum absolute atomic E-state index is 0.0517. The number of carbonyl (C=O) groups is 1. The molecule has 2 fully saturated rings. The van der Waals surface area contributed by atoms with Crippen LogP contribution in [0.1, 0.15) is 36.0 Å². The van der Waals surface area contributed by atoms with Crippen LogP contribution in [0.5, 0.6) is 5.75 Å². The smallest absolute Gasteiger partial charge is 0.255 e. The molecule has 25 heavy (non-hydrogen) atoms. The Bertz CT molecular complexity index is 576. The first-order chi connectivity index (χ1) is 12.3. The zero-order chi connectivity index (χ0) is 17.5. The van der Waals surface area contributed by atoms with Gasteiger partial charge in [0.1, 0.15) is 12.4 Å². The van der Waals surface area contributed by atoms with Crippen LogP contribution >= 0.6 is 0 Å². The second-order valence-corrected chi connectivity index (χ2v) is 6.72. The SMILES string of the molecule is C=CCOc1ccccc1C(=O)NC1CCN(C2CCOCC2)CC1. The molecule has 5 nitrogen and oxygen atoms in total. The molecule has 1 amide bonds. The highest BCUT2D eigenvalue weighted by Gasteiger charge is 2.27. The highest BCUT2D eigenvalue weighted by atomic mass is 16.5. The maximum atomic E-state index is 12.6. The van der Waals surface area contributed by atoms with E-state index in [0.717, 1.165) is 52.0 Å². The third-order valence-corrected chi connectivity index (χ3v) is 5.06. The Morgan fingerprint density at radius 1 is 1.24 bits per heavy atom. The molecule has 0 aliphatic carbocycles. The first-order valence-corrected chi connectivity index (χ1v) is 9.23. The van der Waals surface area contributed by atoms with Crippen LogP contribution in [0, 0.1) is 0 Å². The van der Waals surface area contributed by atoms with Gasteiger partial charge in [0.25, 0.3) is 5.91 Å². The van der Waals surface area contributed by atoms with Crippen molar-refractivity contribution in [2.45, 2.75) is 37.8 Å². The van der Waals surface area contributed by atoms with E-state index in [0.29, 0.717) is 24.0 Å². The summed E-state index contributed by atoms with van der Waals surface area (Å²) in [6.45, 7) is 7.90. The van der Waals surface area contributed by atoms with Crippen LogP contribution in [0.15, 0.2) is 36.9 Å². The summed E-state index contributed by atoms with van der Waals surface area (Å²) in [6, 6.07) is 8.26. The van der Waals surface area contributed by atoms with Gasteiger partial charge in [0.2, 0.25) is 0 Å². The summed E-state index contributed by atoms with van der Waals surface area (Å²) in [5.74, 6) is 0.559. The number of rotatable bonds is 6. The van der Waals surface area contributed by atoms with E-state index < -0.39 is 0 Å². The Balaban J connectivity index is 1.51. The summed E-state index contributed by atoms with van der Waals surface area (Å²) in [5.41, 5.74) is 0.594. The van der Waals surface area contributed by atoms with Crippen LogP contribution in [0.25, 0.3) is 0 Å². The van der Waals surface area contributed by atoms with Gasteiger partial charge in [-0.1, -0.05) is 24.8 Å². The number of hydrogen-bond donors (Lipinski definition) is 1. The third-order valence-electron chi connectivity index (χ3n) is 5.06. The first-order valence-electron chi connectivity index (χ1n) is 9.23. The number of carbonyl (C=O) groups excluding carboxylic acids is 1. The molecule has 5 heteroatoms. The highest BCUT2D eigenvalue weighted by Crippen LogP contribution is 2.22. The largest absolute Gasteiger partial charge is 0.489 e. The molecule has 1 aromatic rings. The fourth-order valence-electron chi connectivity index (χ4n) is 3.65. The zero-order valence-electron chi connectivity index (χ0n) is 14.8. The number of para-hydroxylation sites is 1. The lowest BCUT2D eigenvalue weighted by atomic mass is 9.99. The van der Waals surface area contributed by atoms with Crippen molar-refractivity contribution >= 4 is 5.91 Å². The summed E-state index contributed by atoms with van der Waals surface area (Å²) >= 11 is 0. The monoisotopic (exact) mass is 344 g/mol. The van der Waals surface area contributed by atoms with Gasteiger partial charge in [0.05, 0.1) is 5.56 Å². The molecule has 0 bridgehead atoms. The summed E-state index contributed by atoms with van der Waals surface area (Å²) < 4.78 is 11.0. The number of hydrogen-bond acceptors (Lipinski definition) is 4. The Morgan fingerprint density at radius 2 is 1.96 bits per heavy atom. The molecule has 3 rings (SSSR count). The second-order valence-electron chi connectivity index (χ2n) is 6.72. The molecule has 0 unspecified atom stereocenters. The maximum absolute atomic E-state index is 12.6. The number of piperidine rings is 1. The van der Waals surface area contributed by atoms with Gasteiger partial charge in [-0.3, -0.25) is 4.79 Å². The standard InChI is InChI=1S/C20H28N2O3/c1-2-13-25-19-6-4-3-5-18(19)20(23)21-16-7-11-22(12-8-16)17-9-14-24-15-10-17/h2-6,16-17H,1,7-15H2,(H,21,23). The Morgan fingerprint density at radius 3 is 2.68 bits per heavy atom. The van der Waals surface area contributed by atoms with Crippen LogP contribution in [0.2, 0.25) is 0 Å². The summed E-state index contributed by atoms with van der Waals surface area (Å²) in [6.07, 6.45) is 5.94. The predicted octanol–water partition coefficient (Wildman–Crippen LogP) is 2.62. The van der Waals surface area contributed by atoms with Crippen molar-refractivity contribution in [3.05, 3.63) is 42.5 Å². The van der Waals surface area contributed by atoms with E-state index in [-0.39, 0.29) is 11.9 Å². The molecule has 0 spiro atoms. The van der Waals surface area contributed by atoms with Crippen molar-refractivity contribution < 1.29 is 14.3 Å². The van der Waals surface area contributed by atoms with E-state index in [1.54, 1.807) is 6.08 Å². The molecule has 1 aromatic carbocycles. The van der Waals surface area contributed by atoms with Crippen LogP contribution in [-0.2, 0) is 4.74 Å². The second kappa shape index (κ2) is 9.02. The fourth-order valence-corrected chi connectivity index (χ4v) is 3.65. The van der Waals surface area contributed by atoms with E-state index in [2.05, 4.69) is 16.8 Å². The van der Waals surface area contributed by atoms with E-state index >= 15 is 0 Å². The molecule has 0 radical (unpaired) electrons. The van der Waals surface area contributed by atoms with Gasteiger partial charge in [0, 0.05) is 38.4 Å². The van der Waals surface area contributed by atoms with E-state index in [1.807, 2.05) is 24.3 Å². The van der Waals surface area contributed by atoms with Crippen molar-refractivity contribution in [1.82, 2.24) is 10.2 Å². The molecule has 0 atom stereocenters. The minimum atomic E-state index is -0.0517. The van der Waals surface area contributed by atoms with Crippen molar-refractivity contribution in [1.29, 1.82) is 0 Å². The van der Waals surface area contributed by atoms with Crippen molar-refractivity contribution in [3.8, 4) is 5.75 Å². The molecule has 1 N–H and O–H groups in total. The molecular formula is C20H28N2O3. The number of nitrogens with one attached hydrogen (secondary N) is 1. The van der Waals surface area contributed by atoms with Gasteiger partial charge in [-0.2, -0.15) is 0 Å². The number of nitrogens with zero attached hydrogens (tertiary/aromatic N) is 1. The van der Waals surface area contributed by atoms with Gasteiger partial charge in [0.15, 0.2) is 0 Å². The van der Waals surface area contributed by atoms with Crippen molar-refractivity contribution in [2.75, 3.05) is 32.9 Å². The Kier molecular flexibility index (Phi) is 6.48. The van der Waals surface area contributed by atoms with E-state index in [1.165, 1.54) is 0 Å². The molecule has 2 saturated heterocycles. The predicted molar refractivity (Wildman–Crippen MR) is 98.0 cm³/mol. The van der Waals surface area contributed by atoms with E-state index in [4.69, 9.17) is 9.47 Å². The van der Waals surface area contributed by atoms with Gasteiger partial charge in [-0.05, 0) is 37.8 Å². The Hall–Kier alpha value is -1.85.